The van der Waals surface area contributed by atoms with Gasteiger partial charge in [-0.25, -0.2) is 0 Å². The van der Waals surface area contributed by atoms with E-state index >= 15 is 0 Å². The summed E-state index contributed by atoms with van der Waals surface area (Å²) >= 11 is 0. The molecule has 1 rings (SSSR count). The van der Waals surface area contributed by atoms with Gasteiger partial charge < -0.3 is 15.2 Å². The lowest BCUT2D eigenvalue weighted by atomic mass is 10.0. The molecule has 3 nitrogen and oxygen atoms in total. The van der Waals surface area contributed by atoms with E-state index in [0.717, 1.165) is 19.4 Å². The van der Waals surface area contributed by atoms with Gasteiger partial charge in [-0.15, -0.1) is 0 Å². The van der Waals surface area contributed by atoms with Crippen LogP contribution in [0.3, 0.4) is 0 Å². The van der Waals surface area contributed by atoms with Gasteiger partial charge in [0.05, 0.1) is 12.2 Å². The minimum absolute atomic E-state index is 0.612. The number of aliphatic hydroxyl groups is 1. The van der Waals surface area contributed by atoms with Gasteiger partial charge in [0.25, 0.3) is 0 Å². The van der Waals surface area contributed by atoms with E-state index in [1.165, 1.54) is 11.1 Å². The van der Waals surface area contributed by atoms with E-state index < -0.39 is 5.60 Å². The predicted octanol–water partition coefficient (Wildman–Crippen LogP) is 2.47. The van der Waals surface area contributed by atoms with E-state index in [0.29, 0.717) is 13.2 Å². The molecular weight excluding hydrogens is 226 g/mol. The Morgan fingerprint density at radius 3 is 2.72 bits per heavy atom. The molecule has 0 radical (unpaired) electrons. The maximum absolute atomic E-state index is 10.0. The average Bonchev–Trinajstić information content (AvgIpc) is 2.29. The molecule has 0 aliphatic heterocycles. The minimum atomic E-state index is -0.612. The summed E-state index contributed by atoms with van der Waals surface area (Å²) in [5, 5.41) is 13.4. The van der Waals surface area contributed by atoms with Crippen LogP contribution in [-0.4, -0.2) is 24.4 Å². The van der Waals surface area contributed by atoms with Crippen LogP contribution in [0, 0.1) is 0 Å². The number of nitrogens with one attached hydrogen (secondary N) is 1. The van der Waals surface area contributed by atoms with Crippen LogP contribution in [-0.2, 0) is 17.9 Å². The molecule has 0 bridgehead atoms. The summed E-state index contributed by atoms with van der Waals surface area (Å²) in [7, 11) is 1.70. The van der Waals surface area contributed by atoms with Crippen molar-refractivity contribution in [3.8, 4) is 0 Å². The molecule has 0 amide bonds. The quantitative estimate of drug-likeness (QED) is 0.746. The molecule has 0 saturated heterocycles. The topological polar surface area (TPSA) is 41.5 Å². The second kappa shape index (κ2) is 7.52. The Kier molecular flexibility index (Phi) is 6.33. The molecule has 0 spiro atoms. The zero-order valence-corrected chi connectivity index (χ0v) is 11.7. The van der Waals surface area contributed by atoms with Crippen molar-refractivity contribution in [3.63, 3.8) is 0 Å². The van der Waals surface area contributed by atoms with Gasteiger partial charge in [-0.3, -0.25) is 0 Å². The molecule has 1 aromatic rings. The summed E-state index contributed by atoms with van der Waals surface area (Å²) in [6.45, 7) is 6.00. The monoisotopic (exact) mass is 251 g/mol. The van der Waals surface area contributed by atoms with Gasteiger partial charge in [0.15, 0.2) is 0 Å². The maximum Gasteiger partial charge on any atom is 0.0743 e. The Bertz CT molecular complexity index is 350. The fourth-order valence-corrected chi connectivity index (χ4v) is 2.10. The largest absolute Gasteiger partial charge is 0.389 e. The second-order valence-electron chi connectivity index (χ2n) is 5.10. The first-order valence-corrected chi connectivity index (χ1v) is 6.57. The number of ether oxygens (including phenoxy) is 1. The fourth-order valence-electron chi connectivity index (χ4n) is 2.10. The van der Waals surface area contributed by atoms with E-state index in [1.807, 2.05) is 13.0 Å². The van der Waals surface area contributed by atoms with Gasteiger partial charge in [0.1, 0.15) is 0 Å². The van der Waals surface area contributed by atoms with Gasteiger partial charge in [0, 0.05) is 20.2 Å². The summed E-state index contributed by atoms with van der Waals surface area (Å²) < 4.78 is 5.11. The average molecular weight is 251 g/mol. The van der Waals surface area contributed by atoms with E-state index in [-0.39, 0.29) is 0 Å². The lowest BCUT2D eigenvalue weighted by Crippen LogP contribution is -2.37. The highest BCUT2D eigenvalue weighted by Gasteiger charge is 2.17. The van der Waals surface area contributed by atoms with E-state index in [2.05, 4.69) is 30.4 Å². The van der Waals surface area contributed by atoms with Crippen LogP contribution in [0.5, 0.6) is 0 Å². The Morgan fingerprint density at radius 2 is 2.06 bits per heavy atom. The number of hydrogen-bond donors (Lipinski definition) is 2. The Balaban J connectivity index is 2.41. The summed E-state index contributed by atoms with van der Waals surface area (Å²) in [5.41, 5.74) is 1.78. The molecule has 1 atom stereocenters. The summed E-state index contributed by atoms with van der Waals surface area (Å²) in [5.74, 6) is 0. The molecular formula is C15H25NO2. The van der Waals surface area contributed by atoms with Crippen LogP contribution < -0.4 is 5.32 Å². The molecule has 0 aliphatic carbocycles. The first-order chi connectivity index (χ1) is 8.57. The normalized spacial score (nSPS) is 14.4. The van der Waals surface area contributed by atoms with E-state index in [4.69, 9.17) is 4.74 Å². The maximum atomic E-state index is 10.0. The van der Waals surface area contributed by atoms with Crippen molar-refractivity contribution in [2.45, 2.75) is 45.4 Å². The lowest BCUT2D eigenvalue weighted by molar-refractivity contribution is 0.0498. The Morgan fingerprint density at radius 1 is 1.33 bits per heavy atom. The van der Waals surface area contributed by atoms with E-state index in [1.54, 1.807) is 7.11 Å². The molecule has 0 saturated carbocycles. The van der Waals surface area contributed by atoms with Crippen LogP contribution in [0.2, 0.25) is 0 Å². The first kappa shape index (κ1) is 15.2. The van der Waals surface area contributed by atoms with Gasteiger partial charge >= 0.3 is 0 Å². The lowest BCUT2D eigenvalue weighted by Gasteiger charge is -2.23. The third-order valence-corrected chi connectivity index (χ3v) is 2.93. The first-order valence-electron chi connectivity index (χ1n) is 6.57. The van der Waals surface area contributed by atoms with Gasteiger partial charge in [-0.05, 0) is 24.5 Å². The van der Waals surface area contributed by atoms with Crippen LogP contribution in [0.1, 0.15) is 37.8 Å². The minimum Gasteiger partial charge on any atom is -0.389 e. The zero-order chi connectivity index (χ0) is 13.4. The summed E-state index contributed by atoms with van der Waals surface area (Å²) in [6.07, 6.45) is 1.82. The van der Waals surface area contributed by atoms with Crippen LogP contribution >= 0.6 is 0 Å². The van der Waals surface area contributed by atoms with Crippen molar-refractivity contribution in [1.29, 1.82) is 0 Å². The predicted molar refractivity (Wildman–Crippen MR) is 74.4 cm³/mol. The third-order valence-electron chi connectivity index (χ3n) is 2.93. The fraction of sp³-hybridized carbons (Fsp3) is 0.600. The van der Waals surface area contributed by atoms with Crippen molar-refractivity contribution < 1.29 is 9.84 Å². The van der Waals surface area contributed by atoms with Crippen LogP contribution in [0.4, 0.5) is 0 Å². The molecule has 1 unspecified atom stereocenters. The van der Waals surface area contributed by atoms with Crippen molar-refractivity contribution in [3.05, 3.63) is 35.4 Å². The smallest absolute Gasteiger partial charge is 0.0743 e. The van der Waals surface area contributed by atoms with Gasteiger partial charge in [0.2, 0.25) is 0 Å². The number of benzene rings is 1. The number of rotatable bonds is 8. The van der Waals surface area contributed by atoms with Crippen LogP contribution in [0.15, 0.2) is 24.3 Å². The molecule has 0 aromatic heterocycles. The highest BCUT2D eigenvalue weighted by atomic mass is 16.5. The SMILES string of the molecule is CCCC(C)(O)CNCc1cccc(COC)c1. The van der Waals surface area contributed by atoms with Crippen molar-refractivity contribution in [1.82, 2.24) is 5.32 Å². The molecule has 18 heavy (non-hydrogen) atoms. The molecule has 2 N–H and O–H groups in total. The zero-order valence-electron chi connectivity index (χ0n) is 11.7. The second-order valence-corrected chi connectivity index (χ2v) is 5.10. The summed E-state index contributed by atoms with van der Waals surface area (Å²) in [4.78, 5) is 0. The molecule has 0 fully saturated rings. The molecule has 3 heteroatoms. The van der Waals surface area contributed by atoms with E-state index in [9.17, 15) is 5.11 Å². The summed E-state index contributed by atoms with van der Waals surface area (Å²) in [6, 6.07) is 8.31. The molecule has 0 heterocycles. The Hall–Kier alpha value is -0.900. The van der Waals surface area contributed by atoms with Gasteiger partial charge in [-0.1, -0.05) is 37.6 Å². The molecule has 0 aliphatic rings. The standard InChI is InChI=1S/C15H25NO2/c1-4-8-15(2,17)12-16-10-13-6-5-7-14(9-13)11-18-3/h5-7,9,16-17H,4,8,10-12H2,1-3H3. The van der Waals surface area contributed by atoms with Crippen LogP contribution in [0.25, 0.3) is 0 Å². The highest BCUT2D eigenvalue weighted by molar-refractivity contribution is 5.22. The van der Waals surface area contributed by atoms with Crippen molar-refractivity contribution >= 4 is 0 Å². The molecule has 1 aromatic carbocycles. The van der Waals surface area contributed by atoms with Gasteiger partial charge in [-0.2, -0.15) is 0 Å². The number of hydrogen-bond acceptors (Lipinski definition) is 3. The Labute approximate surface area is 110 Å². The highest BCUT2D eigenvalue weighted by Crippen LogP contribution is 2.11. The third kappa shape index (κ3) is 5.63. The van der Waals surface area contributed by atoms with Crippen molar-refractivity contribution in [2.75, 3.05) is 13.7 Å². The van der Waals surface area contributed by atoms with Crippen molar-refractivity contribution in [2.24, 2.45) is 0 Å². The molecule has 102 valence electrons. The number of methoxy groups -OCH3 is 1.